The highest BCUT2D eigenvalue weighted by molar-refractivity contribution is 7.18. The predicted octanol–water partition coefficient (Wildman–Crippen LogP) is 5.75. The van der Waals surface area contributed by atoms with Crippen LogP contribution in [0.3, 0.4) is 0 Å². The first-order valence-electron chi connectivity index (χ1n) is 8.99. The van der Waals surface area contributed by atoms with Gasteiger partial charge >= 0.3 is 5.97 Å². The molecule has 0 radical (unpaired) electrons. The minimum atomic E-state index is -0.467. The number of hydrogen-bond donors (Lipinski definition) is 1. The van der Waals surface area contributed by atoms with E-state index in [1.54, 1.807) is 12.1 Å². The van der Waals surface area contributed by atoms with Crippen molar-refractivity contribution in [2.45, 2.75) is 26.2 Å². The van der Waals surface area contributed by atoms with Gasteiger partial charge in [0.15, 0.2) is 0 Å². The number of nitrogens with one attached hydrogen (secondary N) is 1. The first-order chi connectivity index (χ1) is 13.3. The molecule has 0 fully saturated rings. The van der Waals surface area contributed by atoms with Gasteiger partial charge in [0.1, 0.15) is 4.88 Å². The molecule has 0 aliphatic carbocycles. The van der Waals surface area contributed by atoms with Crippen LogP contribution in [-0.4, -0.2) is 19.0 Å². The quantitative estimate of drug-likeness (QED) is 0.574. The molecule has 1 heterocycles. The second-order valence-corrected chi connectivity index (χ2v) is 8.54. The third-order valence-corrected chi connectivity index (χ3v) is 5.59. The van der Waals surface area contributed by atoms with Crippen LogP contribution in [-0.2, 0) is 10.2 Å². The minimum absolute atomic E-state index is 0.0189. The first kappa shape index (κ1) is 19.8. The number of carbonyl (C=O) groups excluding carboxylic acids is 2. The summed E-state index contributed by atoms with van der Waals surface area (Å²) in [5.74, 6) is -0.728. The van der Waals surface area contributed by atoms with Gasteiger partial charge in [-0.25, -0.2) is 4.79 Å². The maximum Gasteiger partial charge on any atom is 0.350 e. The summed E-state index contributed by atoms with van der Waals surface area (Å²) in [5.41, 5.74) is 3.15. The number of rotatable bonds is 4. The van der Waals surface area contributed by atoms with Gasteiger partial charge in [-0.05, 0) is 34.7 Å². The lowest BCUT2D eigenvalue weighted by molar-refractivity contribution is 0.0607. The van der Waals surface area contributed by atoms with Crippen LogP contribution in [0.1, 0.15) is 46.4 Å². The average molecular weight is 394 g/mol. The number of carbonyl (C=O) groups is 2. The van der Waals surface area contributed by atoms with Crippen LogP contribution in [0.5, 0.6) is 0 Å². The van der Waals surface area contributed by atoms with E-state index in [1.165, 1.54) is 18.4 Å². The molecule has 2 aromatic carbocycles. The number of ether oxygens (including phenoxy) is 1. The largest absolute Gasteiger partial charge is 0.465 e. The summed E-state index contributed by atoms with van der Waals surface area (Å²) in [6.07, 6.45) is 0. The van der Waals surface area contributed by atoms with Crippen molar-refractivity contribution in [3.05, 3.63) is 76.7 Å². The zero-order valence-corrected chi connectivity index (χ0v) is 17.2. The molecule has 0 atom stereocenters. The van der Waals surface area contributed by atoms with Gasteiger partial charge in [-0.2, -0.15) is 0 Å². The molecule has 3 rings (SSSR count). The zero-order valence-electron chi connectivity index (χ0n) is 16.4. The summed E-state index contributed by atoms with van der Waals surface area (Å²) in [6, 6.07) is 19.1. The van der Waals surface area contributed by atoms with Crippen LogP contribution < -0.4 is 5.32 Å². The number of amides is 1. The number of esters is 1. The Hall–Kier alpha value is -2.92. The fourth-order valence-electron chi connectivity index (χ4n) is 2.79. The monoisotopic (exact) mass is 393 g/mol. The number of thiophene rings is 1. The van der Waals surface area contributed by atoms with Crippen LogP contribution in [0, 0.1) is 0 Å². The number of methoxy groups -OCH3 is 1. The maximum atomic E-state index is 12.7. The van der Waals surface area contributed by atoms with Crippen molar-refractivity contribution in [1.29, 1.82) is 0 Å². The summed E-state index contributed by atoms with van der Waals surface area (Å²) < 4.78 is 4.89. The van der Waals surface area contributed by atoms with Crippen molar-refractivity contribution in [3.8, 4) is 10.4 Å². The van der Waals surface area contributed by atoms with Crippen LogP contribution in [0.2, 0.25) is 0 Å². The van der Waals surface area contributed by atoms with E-state index in [0.29, 0.717) is 16.1 Å². The highest BCUT2D eigenvalue weighted by atomic mass is 32.1. The molecule has 0 saturated carbocycles. The number of benzene rings is 2. The molecule has 0 unspecified atom stereocenters. The molecule has 0 bridgehead atoms. The second-order valence-electron chi connectivity index (χ2n) is 7.49. The summed E-state index contributed by atoms with van der Waals surface area (Å²) >= 11 is 1.30. The van der Waals surface area contributed by atoms with Gasteiger partial charge in [-0.15, -0.1) is 11.3 Å². The molecule has 3 aromatic rings. The molecule has 0 aliphatic heterocycles. The summed E-state index contributed by atoms with van der Waals surface area (Å²) in [5, 5.41) is 2.86. The Bertz CT molecular complexity index is 983. The predicted molar refractivity (Wildman–Crippen MR) is 114 cm³/mol. The summed E-state index contributed by atoms with van der Waals surface area (Å²) in [4.78, 5) is 26.2. The Kier molecular flexibility index (Phi) is 5.66. The summed E-state index contributed by atoms with van der Waals surface area (Å²) in [7, 11) is 1.33. The lowest BCUT2D eigenvalue weighted by atomic mass is 9.87. The molecule has 28 heavy (non-hydrogen) atoms. The molecule has 5 heteroatoms. The lowest BCUT2D eigenvalue weighted by Crippen LogP contribution is -2.15. The molecule has 0 saturated heterocycles. The summed E-state index contributed by atoms with van der Waals surface area (Å²) in [6.45, 7) is 6.38. The SMILES string of the molecule is COC(=O)c1sc(-c2ccccc2)cc1NC(=O)c1ccc(C(C)(C)C)cc1. The number of anilines is 1. The molecule has 144 valence electrons. The molecule has 1 N–H and O–H groups in total. The van der Waals surface area contributed by atoms with Crippen molar-refractivity contribution in [2.75, 3.05) is 12.4 Å². The second kappa shape index (κ2) is 7.98. The molecule has 4 nitrogen and oxygen atoms in total. The first-order valence-corrected chi connectivity index (χ1v) is 9.80. The van der Waals surface area contributed by atoms with E-state index in [-0.39, 0.29) is 11.3 Å². The van der Waals surface area contributed by atoms with E-state index in [4.69, 9.17) is 4.74 Å². The van der Waals surface area contributed by atoms with Crippen LogP contribution in [0.15, 0.2) is 60.7 Å². The zero-order chi connectivity index (χ0) is 20.3. The average Bonchev–Trinajstić information content (AvgIpc) is 3.11. The fraction of sp³-hybridized carbons (Fsp3) is 0.217. The Morgan fingerprint density at radius 3 is 2.18 bits per heavy atom. The van der Waals surface area contributed by atoms with E-state index >= 15 is 0 Å². The highest BCUT2D eigenvalue weighted by Crippen LogP contribution is 2.35. The van der Waals surface area contributed by atoms with E-state index in [2.05, 4.69) is 26.1 Å². The van der Waals surface area contributed by atoms with Crippen molar-refractivity contribution in [1.82, 2.24) is 0 Å². The van der Waals surface area contributed by atoms with E-state index in [1.807, 2.05) is 48.5 Å². The Balaban J connectivity index is 1.89. The standard InChI is InChI=1S/C23H23NO3S/c1-23(2,3)17-12-10-16(11-13-17)21(25)24-18-14-19(15-8-6-5-7-9-15)28-20(18)22(26)27-4/h5-14H,1-4H3,(H,24,25). The van der Waals surface area contributed by atoms with Crippen molar-refractivity contribution < 1.29 is 14.3 Å². The van der Waals surface area contributed by atoms with Crippen LogP contribution >= 0.6 is 11.3 Å². The molecular weight excluding hydrogens is 370 g/mol. The van der Waals surface area contributed by atoms with Gasteiger partial charge in [0.25, 0.3) is 5.91 Å². The van der Waals surface area contributed by atoms with Gasteiger partial charge in [0.2, 0.25) is 0 Å². The number of hydrogen-bond acceptors (Lipinski definition) is 4. The smallest absolute Gasteiger partial charge is 0.350 e. The van der Waals surface area contributed by atoms with Gasteiger partial charge in [-0.3, -0.25) is 4.79 Å². The van der Waals surface area contributed by atoms with Crippen LogP contribution in [0.25, 0.3) is 10.4 Å². The van der Waals surface area contributed by atoms with Gasteiger partial charge in [-0.1, -0.05) is 63.2 Å². The van der Waals surface area contributed by atoms with E-state index in [0.717, 1.165) is 16.0 Å². The fourth-order valence-corrected chi connectivity index (χ4v) is 3.83. The van der Waals surface area contributed by atoms with Crippen LogP contribution in [0.4, 0.5) is 5.69 Å². The molecule has 0 spiro atoms. The third kappa shape index (κ3) is 4.31. The van der Waals surface area contributed by atoms with E-state index in [9.17, 15) is 9.59 Å². The van der Waals surface area contributed by atoms with Gasteiger partial charge < -0.3 is 10.1 Å². The Morgan fingerprint density at radius 1 is 0.964 bits per heavy atom. The Morgan fingerprint density at radius 2 is 1.61 bits per heavy atom. The Labute approximate surface area is 169 Å². The molecule has 1 aromatic heterocycles. The highest BCUT2D eigenvalue weighted by Gasteiger charge is 2.20. The van der Waals surface area contributed by atoms with Gasteiger partial charge in [0, 0.05) is 10.4 Å². The third-order valence-electron chi connectivity index (χ3n) is 4.42. The van der Waals surface area contributed by atoms with Crippen molar-refractivity contribution >= 4 is 28.9 Å². The topological polar surface area (TPSA) is 55.4 Å². The minimum Gasteiger partial charge on any atom is -0.465 e. The van der Waals surface area contributed by atoms with Gasteiger partial charge in [0.05, 0.1) is 12.8 Å². The van der Waals surface area contributed by atoms with Crippen molar-refractivity contribution in [3.63, 3.8) is 0 Å². The maximum absolute atomic E-state index is 12.7. The lowest BCUT2D eigenvalue weighted by Gasteiger charge is -2.19. The normalized spacial score (nSPS) is 11.1. The van der Waals surface area contributed by atoms with Crippen molar-refractivity contribution in [2.24, 2.45) is 0 Å². The molecule has 0 aliphatic rings. The molecular formula is C23H23NO3S. The van der Waals surface area contributed by atoms with E-state index < -0.39 is 5.97 Å². The molecule has 1 amide bonds.